The van der Waals surface area contributed by atoms with Crippen LogP contribution in [-0.4, -0.2) is 5.11 Å². The summed E-state index contributed by atoms with van der Waals surface area (Å²) in [5.74, 6) is 0.627. The minimum atomic E-state index is -0.919. The van der Waals surface area contributed by atoms with E-state index in [0.29, 0.717) is 5.92 Å². The molecule has 1 fully saturated rings. The molecule has 0 aromatic heterocycles. The van der Waals surface area contributed by atoms with E-state index in [9.17, 15) is 5.11 Å². The average molecular weight is 266 g/mol. The Morgan fingerprint density at radius 2 is 1.55 bits per heavy atom. The lowest BCUT2D eigenvalue weighted by Gasteiger charge is -2.34. The van der Waals surface area contributed by atoms with Crippen LogP contribution in [0.3, 0.4) is 0 Å². The second kappa shape index (κ2) is 5.06. The van der Waals surface area contributed by atoms with Crippen molar-refractivity contribution in [2.45, 2.75) is 44.6 Å². The fraction of sp³-hybridized carbons (Fsp3) is 0.368. The number of hydrogen-bond donors (Lipinski definition) is 1. The van der Waals surface area contributed by atoms with Crippen LogP contribution in [0, 0.1) is 6.92 Å². The summed E-state index contributed by atoms with van der Waals surface area (Å²) in [5.41, 5.74) is 3.62. The monoisotopic (exact) mass is 266 g/mol. The summed E-state index contributed by atoms with van der Waals surface area (Å²) >= 11 is 0. The van der Waals surface area contributed by atoms with Crippen molar-refractivity contribution in [1.82, 2.24) is 0 Å². The second-order valence-electron chi connectivity index (χ2n) is 6.10. The molecule has 104 valence electrons. The van der Waals surface area contributed by atoms with Gasteiger partial charge in [-0.2, -0.15) is 0 Å². The zero-order valence-corrected chi connectivity index (χ0v) is 12.3. The van der Waals surface area contributed by atoms with Crippen molar-refractivity contribution in [1.29, 1.82) is 0 Å². The van der Waals surface area contributed by atoms with Crippen molar-refractivity contribution in [2.75, 3.05) is 0 Å². The van der Waals surface area contributed by atoms with Crippen molar-refractivity contribution >= 4 is 0 Å². The largest absolute Gasteiger partial charge is 0.381 e. The predicted octanol–water partition coefficient (Wildman–Crippen LogP) is 4.52. The Balaban J connectivity index is 2.09. The fourth-order valence-corrected chi connectivity index (χ4v) is 3.28. The van der Waals surface area contributed by atoms with Crippen molar-refractivity contribution < 1.29 is 5.11 Å². The molecule has 0 spiro atoms. The molecule has 1 aliphatic carbocycles. The first kappa shape index (κ1) is 13.4. The van der Waals surface area contributed by atoms with Crippen LogP contribution in [-0.2, 0) is 5.60 Å². The van der Waals surface area contributed by atoms with Crippen LogP contribution in [0.2, 0.25) is 0 Å². The van der Waals surface area contributed by atoms with Gasteiger partial charge in [0.15, 0.2) is 0 Å². The third-order valence-corrected chi connectivity index (χ3v) is 4.70. The molecule has 3 rings (SSSR count). The van der Waals surface area contributed by atoms with Gasteiger partial charge < -0.3 is 5.11 Å². The second-order valence-corrected chi connectivity index (χ2v) is 6.10. The Labute approximate surface area is 121 Å². The van der Waals surface area contributed by atoms with Gasteiger partial charge >= 0.3 is 0 Å². The van der Waals surface area contributed by atoms with E-state index in [2.05, 4.69) is 31.2 Å². The highest BCUT2D eigenvalue weighted by Crippen LogP contribution is 2.42. The fourth-order valence-electron chi connectivity index (χ4n) is 3.28. The SMILES string of the molecule is Cc1ccccc1C(C)(O)c1ccccc1C1CCC1. The van der Waals surface area contributed by atoms with Crippen LogP contribution in [0.4, 0.5) is 0 Å². The van der Waals surface area contributed by atoms with Crippen molar-refractivity contribution in [2.24, 2.45) is 0 Å². The summed E-state index contributed by atoms with van der Waals surface area (Å²) in [6.07, 6.45) is 3.81. The topological polar surface area (TPSA) is 20.2 Å². The first-order valence-corrected chi connectivity index (χ1v) is 7.48. The van der Waals surface area contributed by atoms with E-state index in [0.717, 1.165) is 16.7 Å². The van der Waals surface area contributed by atoms with E-state index in [4.69, 9.17) is 0 Å². The maximum atomic E-state index is 11.2. The van der Waals surface area contributed by atoms with Gasteiger partial charge in [0.05, 0.1) is 0 Å². The normalized spacial score (nSPS) is 18.4. The van der Waals surface area contributed by atoms with Gasteiger partial charge in [0.1, 0.15) is 5.60 Å². The molecule has 0 heterocycles. The van der Waals surface area contributed by atoms with Crippen molar-refractivity contribution in [3.8, 4) is 0 Å². The summed E-state index contributed by atoms with van der Waals surface area (Å²) < 4.78 is 0. The van der Waals surface area contributed by atoms with Crippen LogP contribution in [0.15, 0.2) is 48.5 Å². The van der Waals surface area contributed by atoms with E-state index in [-0.39, 0.29) is 0 Å². The lowest BCUT2D eigenvalue weighted by atomic mass is 9.73. The maximum absolute atomic E-state index is 11.2. The summed E-state index contributed by atoms with van der Waals surface area (Å²) in [4.78, 5) is 0. The van der Waals surface area contributed by atoms with Gasteiger partial charge in [0.25, 0.3) is 0 Å². The van der Waals surface area contributed by atoms with Crippen LogP contribution >= 0.6 is 0 Å². The van der Waals surface area contributed by atoms with Crippen LogP contribution in [0.5, 0.6) is 0 Å². The summed E-state index contributed by atoms with van der Waals surface area (Å²) in [6, 6.07) is 16.5. The molecule has 0 amide bonds. The molecule has 1 N–H and O–H groups in total. The van der Waals surface area contributed by atoms with Crippen LogP contribution in [0.1, 0.15) is 54.4 Å². The van der Waals surface area contributed by atoms with Gasteiger partial charge in [0.2, 0.25) is 0 Å². The van der Waals surface area contributed by atoms with Crippen molar-refractivity contribution in [3.63, 3.8) is 0 Å². The van der Waals surface area contributed by atoms with E-state index >= 15 is 0 Å². The summed E-state index contributed by atoms with van der Waals surface area (Å²) in [5, 5.41) is 11.2. The molecule has 1 heteroatoms. The van der Waals surface area contributed by atoms with E-state index in [1.165, 1.54) is 24.8 Å². The lowest BCUT2D eigenvalue weighted by molar-refractivity contribution is 0.0994. The van der Waals surface area contributed by atoms with Gasteiger partial charge in [-0.1, -0.05) is 55.0 Å². The molecule has 0 bridgehead atoms. The van der Waals surface area contributed by atoms with E-state index in [1.54, 1.807) is 0 Å². The minimum Gasteiger partial charge on any atom is -0.381 e. The lowest BCUT2D eigenvalue weighted by Crippen LogP contribution is -2.27. The van der Waals surface area contributed by atoms with E-state index < -0.39 is 5.60 Å². The van der Waals surface area contributed by atoms with Gasteiger partial charge in [-0.15, -0.1) is 0 Å². The molecule has 2 aromatic rings. The zero-order valence-electron chi connectivity index (χ0n) is 12.3. The van der Waals surface area contributed by atoms with Gasteiger partial charge in [0, 0.05) is 0 Å². The molecule has 0 aliphatic heterocycles. The molecule has 1 atom stereocenters. The van der Waals surface area contributed by atoms with Gasteiger partial charge in [-0.25, -0.2) is 0 Å². The summed E-state index contributed by atoms with van der Waals surface area (Å²) in [7, 11) is 0. The number of hydrogen-bond acceptors (Lipinski definition) is 1. The molecule has 2 aromatic carbocycles. The number of aliphatic hydroxyl groups is 1. The molecule has 0 radical (unpaired) electrons. The molecular formula is C19H22O. The van der Waals surface area contributed by atoms with Crippen LogP contribution in [0.25, 0.3) is 0 Å². The Morgan fingerprint density at radius 3 is 2.15 bits per heavy atom. The molecule has 1 saturated carbocycles. The first-order chi connectivity index (χ1) is 9.60. The first-order valence-electron chi connectivity index (χ1n) is 7.48. The zero-order chi connectivity index (χ0) is 14.2. The molecule has 1 unspecified atom stereocenters. The highest BCUT2D eigenvalue weighted by Gasteiger charge is 2.32. The number of benzene rings is 2. The highest BCUT2D eigenvalue weighted by molar-refractivity contribution is 5.44. The molecule has 1 aliphatic rings. The average Bonchev–Trinajstić information content (AvgIpc) is 2.37. The third-order valence-electron chi connectivity index (χ3n) is 4.70. The number of rotatable bonds is 3. The number of aryl methyl sites for hydroxylation is 1. The Kier molecular flexibility index (Phi) is 3.39. The standard InChI is InChI=1S/C19H22O/c1-14-8-3-5-12-17(14)19(2,20)18-13-6-4-11-16(18)15-9-7-10-15/h3-6,8,11-13,15,20H,7,9-10H2,1-2H3. The Bertz CT molecular complexity index is 609. The van der Waals surface area contributed by atoms with Gasteiger partial charge in [-0.05, 0) is 54.9 Å². The van der Waals surface area contributed by atoms with Crippen molar-refractivity contribution in [3.05, 3.63) is 70.8 Å². The van der Waals surface area contributed by atoms with E-state index in [1.807, 2.05) is 31.2 Å². The quantitative estimate of drug-likeness (QED) is 0.866. The molecule has 0 saturated heterocycles. The molecule has 1 nitrogen and oxygen atoms in total. The third kappa shape index (κ3) is 2.16. The predicted molar refractivity (Wildman–Crippen MR) is 82.9 cm³/mol. The summed E-state index contributed by atoms with van der Waals surface area (Å²) in [6.45, 7) is 3.99. The molecular weight excluding hydrogens is 244 g/mol. The Morgan fingerprint density at radius 1 is 0.950 bits per heavy atom. The smallest absolute Gasteiger partial charge is 0.112 e. The molecule has 20 heavy (non-hydrogen) atoms. The van der Waals surface area contributed by atoms with Gasteiger partial charge in [-0.3, -0.25) is 0 Å². The van der Waals surface area contributed by atoms with Crippen LogP contribution < -0.4 is 0 Å². The minimum absolute atomic E-state index is 0.627. The maximum Gasteiger partial charge on any atom is 0.112 e. The Hall–Kier alpha value is -1.60. The highest BCUT2D eigenvalue weighted by atomic mass is 16.3.